The van der Waals surface area contributed by atoms with Crippen LogP contribution in [0.15, 0.2) is 18.2 Å². The van der Waals surface area contributed by atoms with Crippen molar-refractivity contribution in [1.82, 2.24) is 0 Å². The van der Waals surface area contributed by atoms with Crippen molar-refractivity contribution in [1.29, 1.82) is 0 Å². The SMILES string of the molecule is CCC(N)Cc1cc(Cl)ccc1N1CCCS(=O)(=O)CC1. The maximum Gasteiger partial charge on any atom is 0.152 e. The molecule has 0 amide bonds. The Morgan fingerprint density at radius 3 is 2.81 bits per heavy atom. The van der Waals surface area contributed by atoms with Gasteiger partial charge in [-0.25, -0.2) is 8.42 Å². The molecule has 0 spiro atoms. The number of nitrogens with zero attached hydrogens (tertiary/aromatic N) is 1. The van der Waals surface area contributed by atoms with Gasteiger partial charge in [0.25, 0.3) is 0 Å². The van der Waals surface area contributed by atoms with Crippen LogP contribution in [0.4, 0.5) is 5.69 Å². The summed E-state index contributed by atoms with van der Waals surface area (Å²) in [4.78, 5) is 2.15. The van der Waals surface area contributed by atoms with Gasteiger partial charge >= 0.3 is 0 Å². The van der Waals surface area contributed by atoms with Gasteiger partial charge in [-0.15, -0.1) is 0 Å². The summed E-state index contributed by atoms with van der Waals surface area (Å²) < 4.78 is 23.5. The van der Waals surface area contributed by atoms with Gasteiger partial charge in [0.15, 0.2) is 9.84 Å². The van der Waals surface area contributed by atoms with Crippen molar-refractivity contribution in [2.24, 2.45) is 5.73 Å². The molecule has 6 heteroatoms. The van der Waals surface area contributed by atoms with E-state index in [1.54, 1.807) is 0 Å². The molecule has 1 aromatic rings. The fourth-order valence-corrected chi connectivity index (χ4v) is 4.10. The predicted octanol–water partition coefficient (Wildman–Crippen LogP) is 2.24. The van der Waals surface area contributed by atoms with E-state index in [1.807, 2.05) is 18.2 Å². The molecule has 2 rings (SSSR count). The summed E-state index contributed by atoms with van der Waals surface area (Å²) >= 11 is 6.10. The summed E-state index contributed by atoms with van der Waals surface area (Å²) in [7, 11) is -2.90. The molecule has 2 N–H and O–H groups in total. The lowest BCUT2D eigenvalue weighted by atomic mass is 10.0. The molecule has 1 heterocycles. The van der Waals surface area contributed by atoms with Gasteiger partial charge in [0.2, 0.25) is 0 Å². The standard InChI is InChI=1S/C15H23ClN2O2S/c1-2-14(17)11-12-10-13(16)4-5-15(12)18-6-3-8-21(19,20)9-7-18/h4-5,10,14H,2-3,6-9,11,17H2,1H3. The Kier molecular flexibility index (Phi) is 5.52. The van der Waals surface area contributed by atoms with Crippen LogP contribution in [-0.2, 0) is 16.3 Å². The van der Waals surface area contributed by atoms with Crippen LogP contribution >= 0.6 is 11.6 Å². The van der Waals surface area contributed by atoms with Crippen LogP contribution in [-0.4, -0.2) is 39.1 Å². The lowest BCUT2D eigenvalue weighted by molar-refractivity contribution is 0.597. The topological polar surface area (TPSA) is 63.4 Å². The molecule has 1 aliphatic heterocycles. The lowest BCUT2D eigenvalue weighted by Crippen LogP contribution is -2.29. The molecule has 21 heavy (non-hydrogen) atoms. The molecule has 1 saturated heterocycles. The van der Waals surface area contributed by atoms with Crippen LogP contribution in [0.1, 0.15) is 25.3 Å². The quantitative estimate of drug-likeness (QED) is 0.919. The second-order valence-electron chi connectivity index (χ2n) is 5.64. The highest BCUT2D eigenvalue weighted by Gasteiger charge is 2.21. The van der Waals surface area contributed by atoms with Crippen molar-refractivity contribution < 1.29 is 8.42 Å². The molecular formula is C15H23ClN2O2S. The van der Waals surface area contributed by atoms with Crippen LogP contribution in [0.5, 0.6) is 0 Å². The molecule has 0 saturated carbocycles. The second kappa shape index (κ2) is 6.99. The zero-order valence-corrected chi connectivity index (χ0v) is 14.0. The number of benzene rings is 1. The van der Waals surface area contributed by atoms with Gasteiger partial charge in [-0.3, -0.25) is 0 Å². The summed E-state index contributed by atoms with van der Waals surface area (Å²) in [5, 5.41) is 0.694. The normalized spacial score (nSPS) is 20.0. The third kappa shape index (κ3) is 4.59. The van der Waals surface area contributed by atoms with Crippen LogP contribution in [0.25, 0.3) is 0 Å². The number of hydrogen-bond acceptors (Lipinski definition) is 4. The van der Waals surface area contributed by atoms with Crippen molar-refractivity contribution in [2.75, 3.05) is 29.5 Å². The van der Waals surface area contributed by atoms with E-state index in [4.69, 9.17) is 17.3 Å². The first kappa shape index (κ1) is 16.6. The molecule has 1 atom stereocenters. The molecule has 1 fully saturated rings. The minimum absolute atomic E-state index is 0.0953. The number of halogens is 1. The molecule has 0 radical (unpaired) electrons. The highest BCUT2D eigenvalue weighted by molar-refractivity contribution is 7.91. The fourth-order valence-electron chi connectivity index (χ4n) is 2.63. The van der Waals surface area contributed by atoms with Crippen LogP contribution in [0.3, 0.4) is 0 Å². The Morgan fingerprint density at radius 2 is 2.10 bits per heavy atom. The van der Waals surface area contributed by atoms with E-state index in [2.05, 4.69) is 11.8 Å². The number of hydrogen-bond donors (Lipinski definition) is 1. The maximum absolute atomic E-state index is 11.7. The Balaban J connectivity index is 2.25. The summed E-state index contributed by atoms with van der Waals surface area (Å²) in [6.07, 6.45) is 2.33. The minimum Gasteiger partial charge on any atom is -0.370 e. The fraction of sp³-hybridized carbons (Fsp3) is 0.600. The van der Waals surface area contributed by atoms with E-state index in [-0.39, 0.29) is 17.5 Å². The zero-order chi connectivity index (χ0) is 15.5. The van der Waals surface area contributed by atoms with E-state index in [1.165, 1.54) is 0 Å². The third-order valence-electron chi connectivity index (χ3n) is 3.94. The first-order chi connectivity index (χ1) is 9.91. The van der Waals surface area contributed by atoms with Gasteiger partial charge in [0.05, 0.1) is 11.5 Å². The highest BCUT2D eigenvalue weighted by Crippen LogP contribution is 2.27. The first-order valence-electron chi connectivity index (χ1n) is 7.40. The summed E-state index contributed by atoms with van der Waals surface area (Å²) in [5.74, 6) is 0.496. The van der Waals surface area contributed by atoms with E-state index >= 15 is 0 Å². The Labute approximate surface area is 132 Å². The monoisotopic (exact) mass is 330 g/mol. The molecule has 1 aliphatic rings. The van der Waals surface area contributed by atoms with Gasteiger partial charge in [-0.05, 0) is 43.0 Å². The van der Waals surface area contributed by atoms with Crippen molar-refractivity contribution in [3.05, 3.63) is 28.8 Å². The number of rotatable bonds is 4. The Morgan fingerprint density at radius 1 is 1.33 bits per heavy atom. The molecule has 0 aliphatic carbocycles. The van der Waals surface area contributed by atoms with Crippen LogP contribution in [0.2, 0.25) is 5.02 Å². The van der Waals surface area contributed by atoms with Gasteiger partial charge in [0, 0.05) is 29.8 Å². The average Bonchev–Trinajstić information content (AvgIpc) is 2.60. The molecule has 0 bridgehead atoms. The van der Waals surface area contributed by atoms with Gasteiger partial charge in [0.1, 0.15) is 0 Å². The third-order valence-corrected chi connectivity index (χ3v) is 5.89. The molecule has 1 aromatic carbocycles. The predicted molar refractivity (Wildman–Crippen MR) is 88.9 cm³/mol. The molecular weight excluding hydrogens is 308 g/mol. The van der Waals surface area contributed by atoms with E-state index in [9.17, 15) is 8.42 Å². The number of nitrogens with two attached hydrogens (primary N) is 1. The number of sulfone groups is 1. The molecule has 0 aromatic heterocycles. The highest BCUT2D eigenvalue weighted by atomic mass is 35.5. The molecule has 1 unspecified atom stereocenters. The van der Waals surface area contributed by atoms with Crippen molar-refractivity contribution >= 4 is 27.1 Å². The summed E-state index contributed by atoms with van der Waals surface area (Å²) in [5.41, 5.74) is 8.25. The largest absolute Gasteiger partial charge is 0.370 e. The van der Waals surface area contributed by atoms with E-state index in [0.717, 1.165) is 30.6 Å². The van der Waals surface area contributed by atoms with Crippen molar-refractivity contribution in [3.63, 3.8) is 0 Å². The first-order valence-corrected chi connectivity index (χ1v) is 9.60. The zero-order valence-electron chi connectivity index (χ0n) is 12.4. The van der Waals surface area contributed by atoms with Gasteiger partial charge < -0.3 is 10.6 Å². The van der Waals surface area contributed by atoms with Gasteiger partial charge in [-0.2, -0.15) is 0 Å². The average molecular weight is 331 g/mol. The van der Waals surface area contributed by atoms with Crippen molar-refractivity contribution in [2.45, 2.75) is 32.2 Å². The van der Waals surface area contributed by atoms with Crippen LogP contribution in [0, 0.1) is 0 Å². The smallest absolute Gasteiger partial charge is 0.152 e. The molecule has 4 nitrogen and oxygen atoms in total. The van der Waals surface area contributed by atoms with Crippen molar-refractivity contribution in [3.8, 4) is 0 Å². The van der Waals surface area contributed by atoms with Crippen LogP contribution < -0.4 is 10.6 Å². The maximum atomic E-state index is 11.7. The van der Waals surface area contributed by atoms with E-state index < -0.39 is 9.84 Å². The minimum atomic E-state index is -2.90. The second-order valence-corrected chi connectivity index (χ2v) is 8.38. The Bertz CT molecular complexity index is 589. The van der Waals surface area contributed by atoms with E-state index in [0.29, 0.717) is 18.0 Å². The number of anilines is 1. The summed E-state index contributed by atoms with van der Waals surface area (Å²) in [6, 6.07) is 5.89. The Hall–Kier alpha value is -0.780. The van der Waals surface area contributed by atoms with Gasteiger partial charge in [-0.1, -0.05) is 18.5 Å². The summed E-state index contributed by atoms with van der Waals surface area (Å²) in [6.45, 7) is 3.36. The molecule has 118 valence electrons. The lowest BCUT2D eigenvalue weighted by Gasteiger charge is -2.26.